The number of methoxy groups -OCH3 is 2. The number of piperidine rings is 1. The van der Waals surface area contributed by atoms with Gasteiger partial charge in [0.05, 0.1) is 26.8 Å². The number of rotatable bonds is 9. The summed E-state index contributed by atoms with van der Waals surface area (Å²) in [5.41, 5.74) is 1.97. The van der Waals surface area contributed by atoms with Crippen LogP contribution in [0.15, 0.2) is 36.4 Å². The number of hydrogen-bond acceptors (Lipinski definition) is 5. The molecule has 30 heavy (non-hydrogen) atoms. The van der Waals surface area contributed by atoms with Gasteiger partial charge in [0, 0.05) is 17.7 Å². The van der Waals surface area contributed by atoms with Gasteiger partial charge in [0.15, 0.2) is 5.78 Å². The summed E-state index contributed by atoms with van der Waals surface area (Å²) >= 11 is 0. The molecule has 0 amide bonds. The minimum atomic E-state index is -0.354. The molecule has 0 aromatic heterocycles. The number of nitrogens with zero attached hydrogens (tertiary/aromatic N) is 1. The Labute approximate surface area is 178 Å². The van der Waals surface area contributed by atoms with Gasteiger partial charge in [-0.15, -0.1) is 0 Å². The first-order chi connectivity index (χ1) is 14.5. The number of carbonyl (C=O) groups is 1. The van der Waals surface area contributed by atoms with Gasteiger partial charge in [-0.25, -0.2) is 4.39 Å². The second-order valence-electron chi connectivity index (χ2n) is 7.74. The van der Waals surface area contributed by atoms with E-state index in [2.05, 4.69) is 10.2 Å². The second kappa shape index (κ2) is 10.5. The van der Waals surface area contributed by atoms with Crippen molar-refractivity contribution in [3.8, 4) is 11.5 Å². The van der Waals surface area contributed by atoms with Crippen LogP contribution >= 0.6 is 0 Å². The van der Waals surface area contributed by atoms with E-state index in [4.69, 9.17) is 9.47 Å². The van der Waals surface area contributed by atoms with Crippen molar-refractivity contribution >= 4 is 5.78 Å². The van der Waals surface area contributed by atoms with Crippen LogP contribution in [0.25, 0.3) is 0 Å². The molecule has 0 bridgehead atoms. The molecule has 0 radical (unpaired) electrons. The van der Waals surface area contributed by atoms with E-state index in [0.29, 0.717) is 17.7 Å². The molecule has 1 aliphatic rings. The van der Waals surface area contributed by atoms with E-state index in [0.717, 1.165) is 43.0 Å². The van der Waals surface area contributed by atoms with E-state index in [1.165, 1.54) is 12.5 Å². The number of Topliss-reactive ketones (excluding diaryl/α,β-unsaturated/α-hetero) is 1. The first-order valence-corrected chi connectivity index (χ1v) is 10.5. The third-order valence-corrected chi connectivity index (χ3v) is 5.74. The van der Waals surface area contributed by atoms with Crippen molar-refractivity contribution in [1.29, 1.82) is 0 Å². The van der Waals surface area contributed by atoms with Crippen LogP contribution in [0.4, 0.5) is 4.39 Å². The Hall–Kier alpha value is -2.44. The molecule has 5 nitrogen and oxygen atoms in total. The van der Waals surface area contributed by atoms with Crippen LogP contribution in [0.5, 0.6) is 11.5 Å². The zero-order valence-corrected chi connectivity index (χ0v) is 18.0. The molecular formula is C24H31FN2O3. The van der Waals surface area contributed by atoms with Crippen LogP contribution in [0.2, 0.25) is 0 Å². The molecule has 1 heterocycles. The van der Waals surface area contributed by atoms with Gasteiger partial charge in [0.2, 0.25) is 0 Å². The third-order valence-electron chi connectivity index (χ3n) is 5.74. The molecule has 1 aliphatic heterocycles. The van der Waals surface area contributed by atoms with E-state index < -0.39 is 0 Å². The highest BCUT2D eigenvalue weighted by Crippen LogP contribution is 2.34. The lowest BCUT2D eigenvalue weighted by molar-refractivity contribution is 0.0983. The van der Waals surface area contributed by atoms with Crippen LogP contribution in [0.3, 0.4) is 0 Å². The lowest BCUT2D eigenvalue weighted by Crippen LogP contribution is -2.40. The van der Waals surface area contributed by atoms with Gasteiger partial charge in [-0.2, -0.15) is 0 Å². The number of aryl methyl sites for hydroxylation is 1. The summed E-state index contributed by atoms with van der Waals surface area (Å²) in [7, 11) is 3.32. The zero-order valence-electron chi connectivity index (χ0n) is 18.0. The maximum absolute atomic E-state index is 13.8. The Kier molecular flexibility index (Phi) is 7.82. The highest BCUT2D eigenvalue weighted by atomic mass is 19.1. The average molecular weight is 415 g/mol. The predicted octanol–water partition coefficient (Wildman–Crippen LogP) is 4.15. The minimum Gasteiger partial charge on any atom is -0.497 e. The van der Waals surface area contributed by atoms with E-state index in [1.54, 1.807) is 33.3 Å². The summed E-state index contributed by atoms with van der Waals surface area (Å²) in [6.45, 7) is 4.43. The molecule has 0 aliphatic carbocycles. The summed E-state index contributed by atoms with van der Waals surface area (Å²) in [6.07, 6.45) is 3.55. The molecule has 1 saturated heterocycles. The van der Waals surface area contributed by atoms with Gasteiger partial charge in [-0.05, 0) is 62.7 Å². The van der Waals surface area contributed by atoms with Crippen molar-refractivity contribution in [1.82, 2.24) is 10.2 Å². The van der Waals surface area contributed by atoms with Gasteiger partial charge in [-0.3, -0.25) is 9.69 Å². The summed E-state index contributed by atoms with van der Waals surface area (Å²) in [5.74, 6) is 1.11. The maximum Gasteiger partial charge on any atom is 0.176 e. The van der Waals surface area contributed by atoms with E-state index >= 15 is 0 Å². The topological polar surface area (TPSA) is 50.8 Å². The maximum atomic E-state index is 13.8. The smallest absolute Gasteiger partial charge is 0.176 e. The van der Waals surface area contributed by atoms with Crippen LogP contribution in [-0.2, 0) is 0 Å². The SMILES string of the molecule is COc1ccc(OC)c(C(CNCC(=O)c2ccc(C)c(F)c2)N2CCCCC2)c1. The normalized spacial score (nSPS) is 15.6. The number of ether oxygens (including phenoxy) is 2. The summed E-state index contributed by atoms with van der Waals surface area (Å²) in [4.78, 5) is 15.0. The van der Waals surface area contributed by atoms with Gasteiger partial charge in [0.25, 0.3) is 0 Å². The van der Waals surface area contributed by atoms with Crippen molar-refractivity contribution in [3.63, 3.8) is 0 Å². The number of benzene rings is 2. The van der Waals surface area contributed by atoms with Crippen molar-refractivity contribution < 1.29 is 18.7 Å². The number of carbonyl (C=O) groups excluding carboxylic acids is 1. The first-order valence-electron chi connectivity index (χ1n) is 10.5. The fourth-order valence-electron chi connectivity index (χ4n) is 3.96. The molecule has 3 rings (SSSR count). The number of nitrogens with one attached hydrogen (secondary N) is 1. The van der Waals surface area contributed by atoms with Crippen LogP contribution in [-0.4, -0.2) is 51.1 Å². The Morgan fingerprint density at radius 2 is 1.87 bits per heavy atom. The van der Waals surface area contributed by atoms with Gasteiger partial charge in [-0.1, -0.05) is 18.6 Å². The lowest BCUT2D eigenvalue weighted by atomic mass is 10.00. The van der Waals surface area contributed by atoms with Crippen LogP contribution in [0, 0.1) is 12.7 Å². The van der Waals surface area contributed by atoms with Gasteiger partial charge >= 0.3 is 0 Å². The zero-order chi connectivity index (χ0) is 21.5. The quantitative estimate of drug-likeness (QED) is 0.625. The molecular weight excluding hydrogens is 383 g/mol. The standard InChI is InChI=1S/C24H31FN2O3/c1-17-7-8-18(13-21(17)25)23(28)16-26-15-22(27-11-5-4-6-12-27)20-14-19(29-2)9-10-24(20)30-3/h7-10,13-14,22,26H,4-6,11-12,15-16H2,1-3H3. The van der Waals surface area contributed by atoms with Crippen molar-refractivity contribution in [2.24, 2.45) is 0 Å². The lowest BCUT2D eigenvalue weighted by Gasteiger charge is -2.35. The Bertz CT molecular complexity index is 866. The molecule has 0 spiro atoms. The number of likely N-dealkylation sites (tertiary alicyclic amines) is 1. The second-order valence-corrected chi connectivity index (χ2v) is 7.74. The summed E-state index contributed by atoms with van der Waals surface area (Å²) in [5, 5.41) is 3.29. The van der Waals surface area contributed by atoms with Crippen molar-refractivity contribution in [2.75, 3.05) is 40.4 Å². The first kappa shape index (κ1) is 22.2. The molecule has 162 valence electrons. The van der Waals surface area contributed by atoms with E-state index in [-0.39, 0.29) is 24.2 Å². The molecule has 2 aromatic carbocycles. The van der Waals surface area contributed by atoms with Crippen LogP contribution in [0.1, 0.15) is 46.8 Å². The Balaban J connectivity index is 1.75. The molecule has 1 atom stereocenters. The molecule has 1 N–H and O–H groups in total. The largest absolute Gasteiger partial charge is 0.497 e. The minimum absolute atomic E-state index is 0.0536. The van der Waals surface area contributed by atoms with E-state index in [9.17, 15) is 9.18 Å². The number of ketones is 1. The van der Waals surface area contributed by atoms with Crippen LogP contribution < -0.4 is 14.8 Å². The monoisotopic (exact) mass is 414 g/mol. The van der Waals surface area contributed by atoms with Gasteiger partial charge in [0.1, 0.15) is 17.3 Å². The fraction of sp³-hybridized carbons (Fsp3) is 0.458. The average Bonchev–Trinajstić information content (AvgIpc) is 2.78. The van der Waals surface area contributed by atoms with E-state index in [1.807, 2.05) is 18.2 Å². The highest BCUT2D eigenvalue weighted by Gasteiger charge is 2.25. The fourth-order valence-corrected chi connectivity index (χ4v) is 3.96. The molecule has 2 aromatic rings. The summed E-state index contributed by atoms with van der Waals surface area (Å²) < 4.78 is 24.9. The number of halogens is 1. The molecule has 1 fully saturated rings. The Morgan fingerprint density at radius 1 is 1.10 bits per heavy atom. The highest BCUT2D eigenvalue weighted by molar-refractivity contribution is 5.97. The summed E-state index contributed by atoms with van der Waals surface area (Å²) in [6, 6.07) is 10.5. The number of hydrogen-bond donors (Lipinski definition) is 1. The third kappa shape index (κ3) is 5.37. The molecule has 6 heteroatoms. The van der Waals surface area contributed by atoms with Crippen molar-refractivity contribution in [3.05, 3.63) is 58.9 Å². The van der Waals surface area contributed by atoms with Crippen molar-refractivity contribution in [2.45, 2.75) is 32.2 Å². The molecule has 0 saturated carbocycles. The molecule has 1 unspecified atom stereocenters. The predicted molar refractivity (Wildman–Crippen MR) is 116 cm³/mol. The Morgan fingerprint density at radius 3 is 2.53 bits per heavy atom. The van der Waals surface area contributed by atoms with Gasteiger partial charge < -0.3 is 14.8 Å².